The van der Waals surface area contributed by atoms with Crippen molar-refractivity contribution < 1.29 is 9.53 Å². The number of fused-ring (bicyclic) bond motifs is 1. The lowest BCUT2D eigenvalue weighted by atomic mass is 9.96. The quantitative estimate of drug-likeness (QED) is 0.538. The zero-order valence-electron chi connectivity index (χ0n) is 16.8. The first-order valence-corrected chi connectivity index (χ1v) is 9.59. The fourth-order valence-electron chi connectivity index (χ4n) is 3.04. The lowest BCUT2D eigenvalue weighted by molar-refractivity contribution is -0.116. The van der Waals surface area contributed by atoms with Crippen LogP contribution in [0.4, 0.5) is 11.5 Å². The van der Waals surface area contributed by atoms with Gasteiger partial charge < -0.3 is 20.5 Å². The molecule has 1 aromatic carbocycles. The highest BCUT2D eigenvalue weighted by atomic mass is 16.5. The van der Waals surface area contributed by atoms with Crippen LogP contribution >= 0.6 is 0 Å². The van der Waals surface area contributed by atoms with Crippen LogP contribution in [0.3, 0.4) is 0 Å². The normalized spacial score (nSPS) is 13.4. The van der Waals surface area contributed by atoms with Gasteiger partial charge in [-0.15, -0.1) is 0 Å². The molecule has 0 fully saturated rings. The zero-order chi connectivity index (χ0) is 20.8. The Morgan fingerprint density at radius 3 is 2.86 bits per heavy atom. The minimum atomic E-state index is -0.144. The molecule has 1 aliphatic rings. The minimum absolute atomic E-state index is 0.104. The molecule has 150 valence electrons. The van der Waals surface area contributed by atoms with E-state index in [0.29, 0.717) is 12.2 Å². The summed E-state index contributed by atoms with van der Waals surface area (Å²) in [7, 11) is 1.66. The maximum absolute atomic E-state index is 12.2. The molecule has 2 N–H and O–H groups in total. The number of rotatable bonds is 9. The second-order valence-electron chi connectivity index (χ2n) is 7.06. The Kier molecular flexibility index (Phi) is 6.49. The van der Waals surface area contributed by atoms with Crippen molar-refractivity contribution in [2.24, 2.45) is 15.9 Å². The van der Waals surface area contributed by atoms with E-state index in [-0.39, 0.29) is 24.3 Å². The Bertz CT molecular complexity index is 965. The van der Waals surface area contributed by atoms with Crippen LogP contribution in [-0.4, -0.2) is 42.2 Å². The minimum Gasteiger partial charge on any atom is -0.491 e. The molecular weight excluding hydrogens is 366 g/mol. The molecule has 1 aromatic heterocycles. The average molecular weight is 391 g/mol. The molecule has 1 amide bonds. The van der Waals surface area contributed by atoms with Crippen molar-refractivity contribution in [3.63, 3.8) is 0 Å². The fraction of sp³-hybridized carbons (Fsp3) is 0.318. The molecule has 0 radical (unpaired) electrons. The third-order valence-corrected chi connectivity index (χ3v) is 4.39. The average Bonchev–Trinajstić information content (AvgIpc) is 2.67. The molecular formula is C22H25N5O2. The van der Waals surface area contributed by atoms with Crippen molar-refractivity contribution in [2.45, 2.75) is 32.8 Å². The molecule has 0 aliphatic carbocycles. The van der Waals surface area contributed by atoms with E-state index in [1.54, 1.807) is 19.5 Å². The van der Waals surface area contributed by atoms with E-state index in [2.05, 4.69) is 20.3 Å². The van der Waals surface area contributed by atoms with Crippen LogP contribution in [0, 0.1) is 11.3 Å². The van der Waals surface area contributed by atoms with Crippen molar-refractivity contribution in [3.05, 3.63) is 47.7 Å². The molecule has 2 heterocycles. The van der Waals surface area contributed by atoms with Crippen LogP contribution in [-0.2, 0) is 4.79 Å². The highest BCUT2D eigenvalue weighted by molar-refractivity contribution is 6.22. The van der Waals surface area contributed by atoms with E-state index in [0.717, 1.165) is 28.3 Å². The maximum Gasteiger partial charge on any atom is 0.225 e. The molecule has 1 atom stereocenters. The maximum atomic E-state index is 12.2. The number of pyridine rings is 1. The molecule has 1 aliphatic heterocycles. The molecule has 7 heteroatoms. The Labute approximate surface area is 170 Å². The van der Waals surface area contributed by atoms with Gasteiger partial charge in [0.05, 0.1) is 17.5 Å². The van der Waals surface area contributed by atoms with Crippen molar-refractivity contribution in [1.82, 2.24) is 4.98 Å². The third-order valence-electron chi connectivity index (χ3n) is 4.39. The smallest absolute Gasteiger partial charge is 0.225 e. The van der Waals surface area contributed by atoms with Crippen molar-refractivity contribution in [1.29, 1.82) is 5.41 Å². The number of nitrogens with one attached hydrogen (secondary N) is 2. The van der Waals surface area contributed by atoms with E-state index in [1.165, 1.54) is 6.21 Å². The van der Waals surface area contributed by atoms with Gasteiger partial charge in [-0.1, -0.05) is 0 Å². The van der Waals surface area contributed by atoms with Crippen molar-refractivity contribution in [2.75, 3.05) is 12.4 Å². The number of hydrogen-bond acceptors (Lipinski definition) is 6. The first-order valence-electron chi connectivity index (χ1n) is 9.59. The molecule has 7 nitrogen and oxygen atoms in total. The molecule has 1 unspecified atom stereocenters. The molecule has 29 heavy (non-hydrogen) atoms. The number of aliphatic imine (C=N–C) groups is 2. The van der Waals surface area contributed by atoms with Crippen molar-refractivity contribution >= 4 is 35.6 Å². The van der Waals surface area contributed by atoms with Gasteiger partial charge in [-0.25, -0.2) is 9.98 Å². The standard InChI is InChI=1S/C22H25N5O2/c1-14(2)29-17-5-6-19-18(11-17)22(26-19)16-8-9-25-20(10-16)27-21(28)7-4-15(12-23)13-24-3/h5-6,8-15,23H,4,7H2,1-3H3,(H,25,27,28). The summed E-state index contributed by atoms with van der Waals surface area (Å²) in [4.78, 5) is 24.9. The van der Waals surface area contributed by atoms with E-state index >= 15 is 0 Å². The number of carbonyl (C=O) groups is 1. The largest absolute Gasteiger partial charge is 0.491 e. The first kappa shape index (κ1) is 20.4. The highest BCUT2D eigenvalue weighted by Gasteiger charge is 2.22. The van der Waals surface area contributed by atoms with Crippen LogP contribution < -0.4 is 10.1 Å². The number of carbonyl (C=O) groups excluding carboxylic acids is 1. The van der Waals surface area contributed by atoms with Gasteiger partial charge in [0.1, 0.15) is 11.6 Å². The van der Waals surface area contributed by atoms with Crippen LogP contribution in [0.25, 0.3) is 0 Å². The topological polar surface area (TPSA) is 99.8 Å². The highest BCUT2D eigenvalue weighted by Crippen LogP contribution is 2.36. The monoisotopic (exact) mass is 391 g/mol. The SMILES string of the molecule is CN=CC(C=N)CCC(=O)Nc1cc(C2=Nc3ccc(OC(C)C)cc32)ccn1. The van der Waals surface area contributed by atoms with Crippen LogP contribution in [0.1, 0.15) is 37.8 Å². The fourth-order valence-corrected chi connectivity index (χ4v) is 3.04. The van der Waals surface area contributed by atoms with Crippen LogP contribution in [0.5, 0.6) is 5.75 Å². The molecule has 2 aromatic rings. The van der Waals surface area contributed by atoms with Gasteiger partial charge in [-0.2, -0.15) is 0 Å². The Balaban J connectivity index is 1.66. The van der Waals surface area contributed by atoms with Gasteiger partial charge in [0, 0.05) is 49.1 Å². The Hall–Kier alpha value is -3.35. The van der Waals surface area contributed by atoms with Crippen molar-refractivity contribution in [3.8, 4) is 5.75 Å². The Morgan fingerprint density at radius 2 is 2.14 bits per heavy atom. The van der Waals surface area contributed by atoms with Crippen LogP contribution in [0.2, 0.25) is 0 Å². The molecule has 0 bridgehead atoms. The van der Waals surface area contributed by atoms with Gasteiger partial charge >= 0.3 is 0 Å². The number of benzene rings is 1. The van der Waals surface area contributed by atoms with Gasteiger partial charge in [0.25, 0.3) is 0 Å². The molecule has 0 spiro atoms. The van der Waals surface area contributed by atoms with E-state index in [4.69, 9.17) is 10.1 Å². The summed E-state index contributed by atoms with van der Waals surface area (Å²) in [5.74, 6) is 1.02. The number of amides is 1. The van der Waals surface area contributed by atoms with Gasteiger partial charge in [0.2, 0.25) is 5.91 Å². The summed E-state index contributed by atoms with van der Waals surface area (Å²) in [6.45, 7) is 3.98. The summed E-state index contributed by atoms with van der Waals surface area (Å²) in [5, 5.41) is 10.2. The predicted octanol–water partition coefficient (Wildman–Crippen LogP) is 4.04. The van der Waals surface area contributed by atoms with Crippen LogP contribution in [0.15, 0.2) is 46.5 Å². The third kappa shape index (κ3) is 5.13. The number of ether oxygens (including phenoxy) is 1. The van der Waals surface area contributed by atoms with Gasteiger partial charge in [-0.05, 0) is 50.6 Å². The molecule has 0 saturated carbocycles. The van der Waals surface area contributed by atoms with E-state index in [1.807, 2.05) is 44.2 Å². The number of nitrogens with zero attached hydrogens (tertiary/aromatic N) is 3. The lowest BCUT2D eigenvalue weighted by Crippen LogP contribution is -2.17. The van der Waals surface area contributed by atoms with E-state index in [9.17, 15) is 4.79 Å². The van der Waals surface area contributed by atoms with Gasteiger partial charge in [0.15, 0.2) is 0 Å². The summed E-state index contributed by atoms with van der Waals surface area (Å²) >= 11 is 0. The second-order valence-corrected chi connectivity index (χ2v) is 7.06. The summed E-state index contributed by atoms with van der Waals surface area (Å²) in [5.41, 5.74) is 3.70. The lowest BCUT2D eigenvalue weighted by Gasteiger charge is -2.21. The summed E-state index contributed by atoms with van der Waals surface area (Å²) < 4.78 is 5.77. The molecule has 0 saturated heterocycles. The Morgan fingerprint density at radius 1 is 1.31 bits per heavy atom. The summed E-state index contributed by atoms with van der Waals surface area (Å²) in [6, 6.07) is 9.54. The number of aromatic nitrogens is 1. The number of anilines is 1. The summed E-state index contributed by atoms with van der Waals surface area (Å²) in [6.07, 6.45) is 5.55. The molecule has 3 rings (SSSR count). The van der Waals surface area contributed by atoms with Gasteiger partial charge in [-0.3, -0.25) is 4.79 Å². The second kappa shape index (κ2) is 9.23. The predicted molar refractivity (Wildman–Crippen MR) is 116 cm³/mol. The number of hydrogen-bond donors (Lipinski definition) is 2. The van der Waals surface area contributed by atoms with E-state index < -0.39 is 0 Å². The zero-order valence-corrected chi connectivity index (χ0v) is 16.8. The first-order chi connectivity index (χ1) is 14.0.